The van der Waals surface area contributed by atoms with E-state index in [1.807, 2.05) is 6.07 Å². The maximum absolute atomic E-state index is 8.05. The van der Waals surface area contributed by atoms with Gasteiger partial charge in [-0.1, -0.05) is 0 Å². The van der Waals surface area contributed by atoms with Crippen LogP contribution in [0.15, 0.2) is 0 Å². The molecule has 1 rings (SSSR count). The first-order valence-corrected chi connectivity index (χ1v) is 3.59. The molecule has 4 nitrogen and oxygen atoms in total. The Balaban J connectivity index is 2.06. The molecule has 0 spiro atoms. The van der Waals surface area contributed by atoms with Gasteiger partial charge < -0.3 is 9.05 Å². The van der Waals surface area contributed by atoms with Gasteiger partial charge in [0.25, 0.3) is 0 Å². The number of rotatable bonds is 2. The predicted molar refractivity (Wildman–Crippen MR) is 30.4 cm³/mol. The Morgan fingerprint density at radius 2 is 2.22 bits per heavy atom. The topological polar surface area (TPSA) is 51.5 Å². The van der Waals surface area contributed by atoms with Gasteiger partial charge in [0, 0.05) is 0 Å². The predicted octanol–water partition coefficient (Wildman–Crippen LogP) is 0.800. The molecule has 0 unspecified atom stereocenters. The van der Waals surface area contributed by atoms with E-state index in [9.17, 15) is 0 Å². The summed E-state index contributed by atoms with van der Waals surface area (Å²) in [5, 5.41) is 8.05. The van der Waals surface area contributed by atoms with E-state index in [4.69, 9.17) is 18.8 Å². The fourth-order valence-corrected chi connectivity index (χ4v) is 1.25. The van der Waals surface area contributed by atoms with E-state index in [1.165, 1.54) is 0 Å². The van der Waals surface area contributed by atoms with Crippen LogP contribution in [0.2, 0.25) is 0 Å². The SMILES string of the molecule is N#CCOP1OCCO1. The second-order valence-corrected chi connectivity index (χ2v) is 2.54. The Kier molecular flexibility index (Phi) is 2.88. The van der Waals surface area contributed by atoms with Crippen LogP contribution >= 0.6 is 8.60 Å². The zero-order valence-corrected chi connectivity index (χ0v) is 5.63. The molecule has 9 heavy (non-hydrogen) atoms. The van der Waals surface area contributed by atoms with Crippen molar-refractivity contribution in [2.45, 2.75) is 0 Å². The second kappa shape index (κ2) is 3.76. The van der Waals surface area contributed by atoms with Gasteiger partial charge in [-0.05, 0) is 0 Å². The minimum absolute atomic E-state index is 0.0473. The summed E-state index contributed by atoms with van der Waals surface area (Å²) in [5.74, 6) is 0. The van der Waals surface area contributed by atoms with Crippen LogP contribution in [0.4, 0.5) is 0 Å². The van der Waals surface area contributed by atoms with Gasteiger partial charge in [0.05, 0.1) is 19.3 Å². The van der Waals surface area contributed by atoms with Gasteiger partial charge in [0.2, 0.25) is 0 Å². The highest BCUT2D eigenvalue weighted by Gasteiger charge is 2.17. The molecule has 0 N–H and O–H groups in total. The summed E-state index contributed by atoms with van der Waals surface area (Å²) in [6, 6.07) is 1.83. The second-order valence-electron chi connectivity index (χ2n) is 1.32. The van der Waals surface area contributed by atoms with Crippen LogP contribution in [0.3, 0.4) is 0 Å². The van der Waals surface area contributed by atoms with Crippen LogP contribution in [0.1, 0.15) is 0 Å². The van der Waals surface area contributed by atoms with Gasteiger partial charge in [0.15, 0.2) is 0 Å². The van der Waals surface area contributed by atoms with Crippen LogP contribution < -0.4 is 0 Å². The molecule has 0 saturated carbocycles. The average molecular weight is 147 g/mol. The van der Waals surface area contributed by atoms with Crippen molar-refractivity contribution >= 4 is 8.60 Å². The Hall–Kier alpha value is -0.200. The highest BCUT2D eigenvalue weighted by molar-refractivity contribution is 7.41. The van der Waals surface area contributed by atoms with E-state index in [0.29, 0.717) is 13.2 Å². The first kappa shape index (κ1) is 6.91. The fraction of sp³-hybridized carbons (Fsp3) is 0.750. The summed E-state index contributed by atoms with van der Waals surface area (Å²) in [4.78, 5) is 0. The Bertz CT molecular complexity index is 117. The van der Waals surface area contributed by atoms with Crippen LogP contribution in [-0.2, 0) is 13.6 Å². The molecule has 1 aliphatic heterocycles. The third-order valence-electron chi connectivity index (χ3n) is 0.711. The number of nitrogens with zero attached hydrogens (tertiary/aromatic N) is 1. The van der Waals surface area contributed by atoms with E-state index >= 15 is 0 Å². The number of hydrogen-bond donors (Lipinski definition) is 0. The molecule has 5 heteroatoms. The number of nitriles is 1. The molecule has 0 aromatic rings. The molecule has 1 aliphatic rings. The van der Waals surface area contributed by atoms with E-state index in [0.717, 1.165) is 0 Å². The first-order chi connectivity index (χ1) is 4.43. The van der Waals surface area contributed by atoms with E-state index in [1.54, 1.807) is 0 Å². The molecular formula is C4H6NO3P. The van der Waals surface area contributed by atoms with Crippen molar-refractivity contribution in [3.63, 3.8) is 0 Å². The quantitative estimate of drug-likeness (QED) is 0.542. The van der Waals surface area contributed by atoms with Crippen LogP contribution in [0.5, 0.6) is 0 Å². The third-order valence-corrected chi connectivity index (χ3v) is 1.84. The van der Waals surface area contributed by atoms with Gasteiger partial charge in [-0.3, -0.25) is 4.52 Å². The zero-order chi connectivity index (χ0) is 6.53. The standard InChI is InChI=1S/C4H6NO3P/c5-1-2-6-9-7-3-4-8-9/h2-4H2. The molecule has 0 amide bonds. The third kappa shape index (κ3) is 2.25. The van der Waals surface area contributed by atoms with Crippen molar-refractivity contribution in [2.24, 2.45) is 0 Å². The lowest BCUT2D eigenvalue weighted by atomic mass is 10.8. The summed E-state index contributed by atoms with van der Waals surface area (Å²) in [5.41, 5.74) is 0. The van der Waals surface area contributed by atoms with Gasteiger partial charge >= 0.3 is 8.60 Å². The maximum Gasteiger partial charge on any atom is 0.333 e. The largest absolute Gasteiger partial charge is 0.333 e. The van der Waals surface area contributed by atoms with Crippen molar-refractivity contribution in [1.82, 2.24) is 0 Å². The summed E-state index contributed by atoms with van der Waals surface area (Å²) >= 11 is 0. The van der Waals surface area contributed by atoms with Crippen molar-refractivity contribution in [1.29, 1.82) is 5.26 Å². The molecule has 50 valence electrons. The molecule has 0 aromatic heterocycles. The molecule has 0 aliphatic carbocycles. The zero-order valence-electron chi connectivity index (χ0n) is 4.74. The summed E-state index contributed by atoms with van der Waals surface area (Å²) in [6.07, 6.45) is 0. The molecule has 1 heterocycles. The van der Waals surface area contributed by atoms with Crippen molar-refractivity contribution in [3.8, 4) is 6.07 Å². The Morgan fingerprint density at radius 1 is 1.56 bits per heavy atom. The van der Waals surface area contributed by atoms with Crippen molar-refractivity contribution in [3.05, 3.63) is 0 Å². The highest BCUT2D eigenvalue weighted by atomic mass is 31.2. The first-order valence-electron chi connectivity index (χ1n) is 2.49. The summed E-state index contributed by atoms with van der Waals surface area (Å²) in [6.45, 7) is 1.21. The fourth-order valence-electron chi connectivity index (χ4n) is 0.417. The monoisotopic (exact) mass is 147 g/mol. The van der Waals surface area contributed by atoms with Crippen molar-refractivity contribution < 1.29 is 13.6 Å². The van der Waals surface area contributed by atoms with Gasteiger partial charge in [0.1, 0.15) is 6.61 Å². The van der Waals surface area contributed by atoms with E-state index < -0.39 is 8.60 Å². The minimum Gasteiger partial charge on any atom is -0.310 e. The highest BCUT2D eigenvalue weighted by Crippen LogP contribution is 2.42. The number of hydrogen-bond acceptors (Lipinski definition) is 4. The molecule has 1 fully saturated rings. The molecule has 0 radical (unpaired) electrons. The van der Waals surface area contributed by atoms with Gasteiger partial charge in [-0.2, -0.15) is 5.26 Å². The smallest absolute Gasteiger partial charge is 0.310 e. The molecular weight excluding hydrogens is 141 g/mol. The molecule has 0 bridgehead atoms. The van der Waals surface area contributed by atoms with Gasteiger partial charge in [-0.15, -0.1) is 0 Å². The van der Waals surface area contributed by atoms with Crippen LogP contribution in [0, 0.1) is 11.3 Å². The normalized spacial score (nSPS) is 19.9. The average Bonchev–Trinajstić information content (AvgIpc) is 2.34. The molecule has 0 atom stereocenters. The Morgan fingerprint density at radius 3 is 2.78 bits per heavy atom. The summed E-state index contributed by atoms with van der Waals surface area (Å²) in [7, 11) is -1.17. The van der Waals surface area contributed by atoms with E-state index in [-0.39, 0.29) is 6.61 Å². The maximum atomic E-state index is 8.05. The lowest BCUT2D eigenvalue weighted by molar-refractivity contribution is 0.275. The van der Waals surface area contributed by atoms with Crippen LogP contribution in [-0.4, -0.2) is 19.8 Å². The Labute approximate surface area is 54.3 Å². The van der Waals surface area contributed by atoms with Crippen molar-refractivity contribution in [2.75, 3.05) is 19.8 Å². The summed E-state index contributed by atoms with van der Waals surface area (Å²) < 4.78 is 14.7. The van der Waals surface area contributed by atoms with Crippen LogP contribution in [0.25, 0.3) is 0 Å². The molecule has 0 aromatic carbocycles. The minimum atomic E-state index is -1.17. The lowest BCUT2D eigenvalue weighted by Crippen LogP contribution is -1.84. The van der Waals surface area contributed by atoms with E-state index in [2.05, 4.69) is 0 Å². The van der Waals surface area contributed by atoms with Gasteiger partial charge in [-0.25, -0.2) is 0 Å². The lowest BCUT2D eigenvalue weighted by Gasteiger charge is -2.01. The molecule has 1 saturated heterocycles.